The normalized spacial score (nSPS) is 11.7. The molecule has 9 heteroatoms. The van der Waals surface area contributed by atoms with E-state index in [9.17, 15) is 14.7 Å². The maximum Gasteiger partial charge on any atom is 0.335 e. The first-order valence-corrected chi connectivity index (χ1v) is 8.22. The van der Waals surface area contributed by atoms with Crippen LogP contribution in [0.5, 0.6) is 5.75 Å². The molecule has 0 saturated carbocycles. The van der Waals surface area contributed by atoms with Crippen molar-refractivity contribution in [2.24, 2.45) is 0 Å². The maximum atomic E-state index is 12.4. The molecule has 2 rings (SSSR count). The number of aliphatic carboxylic acids is 1. The van der Waals surface area contributed by atoms with Crippen molar-refractivity contribution in [3.8, 4) is 5.75 Å². The van der Waals surface area contributed by atoms with E-state index < -0.39 is 18.0 Å². The van der Waals surface area contributed by atoms with Crippen LogP contribution in [0.25, 0.3) is 0 Å². The van der Waals surface area contributed by atoms with Crippen molar-refractivity contribution in [1.82, 2.24) is 10.5 Å². The van der Waals surface area contributed by atoms with Crippen molar-refractivity contribution >= 4 is 35.1 Å². The Balaban J connectivity index is 2.13. The molecular weight excluding hydrogens is 383 g/mol. The second-order valence-corrected chi connectivity index (χ2v) is 6.10. The lowest BCUT2D eigenvalue weighted by Gasteiger charge is -2.16. The molecule has 7 nitrogen and oxygen atoms in total. The molecule has 1 aromatic carbocycles. The summed E-state index contributed by atoms with van der Waals surface area (Å²) in [4.78, 5) is 33.1. The molecule has 0 saturated heterocycles. The van der Waals surface area contributed by atoms with Crippen LogP contribution in [0.1, 0.15) is 21.7 Å². The Morgan fingerprint density at radius 3 is 2.54 bits per heavy atom. The highest BCUT2D eigenvalue weighted by atomic mass is 35.5. The van der Waals surface area contributed by atoms with Gasteiger partial charge in [0.1, 0.15) is 5.56 Å². The molecule has 0 fully saturated rings. The van der Waals surface area contributed by atoms with Crippen LogP contribution in [0.15, 0.2) is 30.3 Å². The van der Waals surface area contributed by atoms with Crippen LogP contribution in [0.4, 0.5) is 0 Å². The number of rotatable bonds is 7. The zero-order valence-electron chi connectivity index (χ0n) is 14.0. The number of carboxylic acid groups (broad SMARTS) is 1. The molecule has 1 unspecified atom stereocenters. The van der Waals surface area contributed by atoms with Crippen LogP contribution in [0.2, 0.25) is 10.0 Å². The van der Waals surface area contributed by atoms with Gasteiger partial charge in [0.25, 0.3) is 5.91 Å². The molecular formula is C17H16Cl2N2O5. The number of nitrogens with one attached hydrogen (secondary N) is 1. The highest BCUT2D eigenvalue weighted by Crippen LogP contribution is 2.33. The Hall–Kier alpha value is -2.35. The highest BCUT2D eigenvalue weighted by molar-refractivity contribution is 6.37. The second-order valence-electron chi connectivity index (χ2n) is 5.29. The molecule has 0 bridgehead atoms. The average Bonchev–Trinajstić information content (AvgIpc) is 2.59. The van der Waals surface area contributed by atoms with E-state index in [-0.39, 0.29) is 27.8 Å². The Kier molecular flexibility index (Phi) is 6.79. The number of carboxylic acids is 1. The number of benzene rings is 1. The van der Waals surface area contributed by atoms with Crippen molar-refractivity contribution in [3.63, 3.8) is 0 Å². The summed E-state index contributed by atoms with van der Waals surface area (Å²) >= 11 is 12.0. The molecule has 138 valence electrons. The molecule has 1 aromatic heterocycles. The summed E-state index contributed by atoms with van der Waals surface area (Å²) in [5.41, 5.74) is 3.29. The third-order valence-electron chi connectivity index (χ3n) is 3.40. The molecule has 2 N–H and O–H groups in total. The Bertz CT molecular complexity index is 829. The Morgan fingerprint density at radius 1 is 1.23 bits per heavy atom. The lowest BCUT2D eigenvalue weighted by atomic mass is 10.1. The smallest absolute Gasteiger partial charge is 0.335 e. The Labute approximate surface area is 159 Å². The van der Waals surface area contributed by atoms with E-state index in [1.165, 1.54) is 19.2 Å². The summed E-state index contributed by atoms with van der Waals surface area (Å²) in [5, 5.41) is 9.58. The van der Waals surface area contributed by atoms with E-state index in [1.54, 1.807) is 25.1 Å². The minimum atomic E-state index is -1.34. The molecule has 1 atom stereocenters. The van der Waals surface area contributed by atoms with E-state index >= 15 is 0 Å². The largest absolute Gasteiger partial charge is 0.494 e. The number of aromatic nitrogens is 1. The number of ether oxygens (including phenoxy) is 1. The molecule has 0 aliphatic heterocycles. The lowest BCUT2D eigenvalue weighted by molar-refractivity contribution is -0.153. The molecule has 0 radical (unpaired) electrons. The van der Waals surface area contributed by atoms with Crippen molar-refractivity contribution in [2.75, 3.05) is 7.11 Å². The van der Waals surface area contributed by atoms with Gasteiger partial charge < -0.3 is 9.84 Å². The Morgan fingerprint density at radius 2 is 1.92 bits per heavy atom. The van der Waals surface area contributed by atoms with Gasteiger partial charge in [-0.25, -0.2) is 10.3 Å². The standard InChI is InChI=1S/C17H16Cl2N2O5/c1-9-4-3-5-10(20-9)8-13(17(23)24)26-21-16(22)14-11(18)6-7-12(19)15(14)25-2/h3-7,13H,8H2,1-2H3,(H,21,22)(H,23,24). The van der Waals surface area contributed by atoms with Gasteiger partial charge in [0, 0.05) is 17.8 Å². The number of amides is 1. The summed E-state index contributed by atoms with van der Waals surface area (Å²) in [6.45, 7) is 1.79. The van der Waals surface area contributed by atoms with Crippen molar-refractivity contribution in [3.05, 3.63) is 57.3 Å². The van der Waals surface area contributed by atoms with E-state index in [0.717, 1.165) is 5.69 Å². The van der Waals surface area contributed by atoms with Crippen LogP contribution in [0.3, 0.4) is 0 Å². The van der Waals surface area contributed by atoms with E-state index in [4.69, 9.17) is 32.8 Å². The SMILES string of the molecule is COc1c(Cl)ccc(Cl)c1C(=O)NOC(Cc1cccc(C)n1)C(=O)O. The van der Waals surface area contributed by atoms with Crippen LogP contribution >= 0.6 is 23.2 Å². The second kappa shape index (κ2) is 8.84. The molecule has 0 spiro atoms. The summed E-state index contributed by atoms with van der Waals surface area (Å²) in [6, 6.07) is 8.11. The third-order valence-corrected chi connectivity index (χ3v) is 4.01. The molecule has 0 aliphatic rings. The van der Waals surface area contributed by atoms with Gasteiger partial charge in [-0.2, -0.15) is 0 Å². The van der Waals surface area contributed by atoms with Crippen LogP contribution in [-0.4, -0.2) is 35.2 Å². The number of carbonyl (C=O) groups is 2. The fourth-order valence-corrected chi connectivity index (χ4v) is 2.67. The van der Waals surface area contributed by atoms with E-state index in [0.29, 0.717) is 5.69 Å². The first-order valence-electron chi connectivity index (χ1n) is 7.46. The number of carbonyl (C=O) groups excluding carboxylic acids is 1. The van der Waals surface area contributed by atoms with Gasteiger partial charge in [0.05, 0.1) is 17.2 Å². The van der Waals surface area contributed by atoms with Gasteiger partial charge in [0.15, 0.2) is 11.9 Å². The minimum absolute atomic E-state index is 0.0301. The monoisotopic (exact) mass is 398 g/mol. The fraction of sp³-hybridized carbons (Fsp3) is 0.235. The van der Waals surface area contributed by atoms with E-state index in [2.05, 4.69) is 10.5 Å². The number of methoxy groups -OCH3 is 1. The van der Waals surface area contributed by atoms with Crippen LogP contribution in [-0.2, 0) is 16.1 Å². The fourth-order valence-electron chi connectivity index (χ4n) is 2.20. The van der Waals surface area contributed by atoms with Gasteiger partial charge >= 0.3 is 5.97 Å². The number of hydroxylamine groups is 1. The first kappa shape index (κ1) is 20.0. The number of halogens is 2. The lowest BCUT2D eigenvalue weighted by Crippen LogP contribution is -2.36. The maximum absolute atomic E-state index is 12.4. The molecule has 2 aromatic rings. The average molecular weight is 399 g/mol. The molecule has 1 heterocycles. The topological polar surface area (TPSA) is 97.8 Å². The quantitative estimate of drug-likeness (QED) is 0.695. The van der Waals surface area contributed by atoms with Crippen LogP contribution in [0, 0.1) is 6.92 Å². The molecule has 1 amide bonds. The predicted octanol–water partition coefficient (Wildman–Crippen LogP) is 3.06. The van der Waals surface area contributed by atoms with Crippen molar-refractivity contribution in [1.29, 1.82) is 0 Å². The number of nitrogens with zero attached hydrogens (tertiary/aromatic N) is 1. The summed E-state index contributed by atoms with van der Waals surface area (Å²) in [5.74, 6) is -1.97. The van der Waals surface area contributed by atoms with Crippen molar-refractivity contribution in [2.45, 2.75) is 19.4 Å². The van der Waals surface area contributed by atoms with Gasteiger partial charge in [0.2, 0.25) is 0 Å². The van der Waals surface area contributed by atoms with Gasteiger partial charge in [-0.1, -0.05) is 29.3 Å². The number of aryl methyl sites for hydroxylation is 1. The van der Waals surface area contributed by atoms with Gasteiger partial charge in [-0.05, 0) is 31.2 Å². The first-order chi connectivity index (χ1) is 12.3. The molecule has 0 aliphatic carbocycles. The number of hydrogen-bond donors (Lipinski definition) is 2. The summed E-state index contributed by atoms with van der Waals surface area (Å²) in [7, 11) is 1.33. The zero-order valence-corrected chi connectivity index (χ0v) is 15.5. The molecule has 26 heavy (non-hydrogen) atoms. The van der Waals surface area contributed by atoms with Gasteiger partial charge in [-0.15, -0.1) is 0 Å². The predicted molar refractivity (Wildman–Crippen MR) is 95.7 cm³/mol. The summed E-state index contributed by atoms with van der Waals surface area (Å²) in [6.07, 6.45) is -1.37. The summed E-state index contributed by atoms with van der Waals surface area (Å²) < 4.78 is 5.08. The van der Waals surface area contributed by atoms with Crippen LogP contribution < -0.4 is 10.2 Å². The third kappa shape index (κ3) is 4.85. The number of hydrogen-bond acceptors (Lipinski definition) is 5. The van der Waals surface area contributed by atoms with Gasteiger partial charge in [-0.3, -0.25) is 14.6 Å². The highest BCUT2D eigenvalue weighted by Gasteiger charge is 2.24. The minimum Gasteiger partial charge on any atom is -0.494 e. The van der Waals surface area contributed by atoms with E-state index in [1.807, 2.05) is 0 Å². The van der Waals surface area contributed by atoms with Crippen molar-refractivity contribution < 1.29 is 24.3 Å². The number of pyridine rings is 1. The zero-order chi connectivity index (χ0) is 19.3.